The van der Waals surface area contributed by atoms with Crippen LogP contribution in [0.1, 0.15) is 20.7 Å². The van der Waals surface area contributed by atoms with Crippen LogP contribution < -0.4 is 0 Å². The summed E-state index contributed by atoms with van der Waals surface area (Å²) in [5, 5.41) is 38.0. The molecule has 4 N–H and O–H groups in total. The predicted octanol–water partition coefficient (Wildman–Crippen LogP) is 2.39. The molecule has 0 saturated heterocycles. The number of hydrogen-bond acceptors (Lipinski definition) is 5. The van der Waals surface area contributed by atoms with Crippen molar-refractivity contribution in [3.05, 3.63) is 35.4 Å². The van der Waals surface area contributed by atoms with Crippen molar-refractivity contribution in [3.63, 3.8) is 0 Å². The lowest BCUT2D eigenvalue weighted by atomic mass is 10.1. The standard InChI is InChI=1S/C14H8O7/c15-7-1-5(13(17)18)3-9-11(7)12-8(16)2-6(14(19)20)4-10(12)21-9/h1-4,15-16H,(H,17,18)(H,19,20). The molecule has 7 heteroatoms. The second-order valence-corrected chi connectivity index (χ2v) is 4.45. The van der Waals surface area contributed by atoms with Crippen LogP contribution in [0.15, 0.2) is 28.7 Å². The Hall–Kier alpha value is -3.22. The molecule has 0 aliphatic heterocycles. The van der Waals surface area contributed by atoms with E-state index in [4.69, 9.17) is 14.6 Å². The van der Waals surface area contributed by atoms with Crippen molar-refractivity contribution < 1.29 is 34.4 Å². The molecule has 0 aliphatic carbocycles. The SMILES string of the molecule is O=C(O)c1cc(O)c2c(c1)oc1cc(C(=O)O)cc(O)c12. The van der Waals surface area contributed by atoms with E-state index in [0.717, 1.165) is 12.1 Å². The Kier molecular flexibility index (Phi) is 2.52. The maximum absolute atomic E-state index is 10.9. The van der Waals surface area contributed by atoms with E-state index in [-0.39, 0.29) is 44.6 Å². The van der Waals surface area contributed by atoms with Gasteiger partial charge in [0.1, 0.15) is 22.7 Å². The number of aromatic carboxylic acids is 2. The number of phenolic OH excluding ortho intramolecular Hbond substituents is 2. The van der Waals surface area contributed by atoms with Crippen LogP contribution in [-0.2, 0) is 0 Å². The molecule has 1 heterocycles. The Labute approximate surface area is 116 Å². The third-order valence-corrected chi connectivity index (χ3v) is 3.13. The van der Waals surface area contributed by atoms with Crippen molar-refractivity contribution in [1.29, 1.82) is 0 Å². The van der Waals surface area contributed by atoms with E-state index in [1.807, 2.05) is 0 Å². The Bertz CT molecular complexity index is 846. The summed E-state index contributed by atoms with van der Waals surface area (Å²) in [6.07, 6.45) is 0. The molecule has 0 atom stereocenters. The summed E-state index contributed by atoms with van der Waals surface area (Å²) < 4.78 is 5.35. The molecule has 3 aromatic rings. The normalized spacial score (nSPS) is 11.0. The van der Waals surface area contributed by atoms with Gasteiger partial charge in [0.15, 0.2) is 0 Å². The molecule has 3 rings (SSSR count). The lowest BCUT2D eigenvalue weighted by Gasteiger charge is -2.00. The molecule has 0 unspecified atom stereocenters. The lowest BCUT2D eigenvalue weighted by Crippen LogP contribution is -1.95. The lowest BCUT2D eigenvalue weighted by molar-refractivity contribution is 0.0686. The minimum atomic E-state index is -1.25. The van der Waals surface area contributed by atoms with Crippen molar-refractivity contribution in [1.82, 2.24) is 0 Å². The summed E-state index contributed by atoms with van der Waals surface area (Å²) in [5.41, 5.74) is -0.283. The summed E-state index contributed by atoms with van der Waals surface area (Å²) in [6.45, 7) is 0. The van der Waals surface area contributed by atoms with Gasteiger partial charge < -0.3 is 24.8 Å². The molecule has 0 amide bonds. The van der Waals surface area contributed by atoms with Crippen LogP contribution in [0.5, 0.6) is 11.5 Å². The van der Waals surface area contributed by atoms with Crippen molar-refractivity contribution in [3.8, 4) is 11.5 Å². The maximum Gasteiger partial charge on any atom is 0.335 e. The fraction of sp³-hybridized carbons (Fsp3) is 0. The van der Waals surface area contributed by atoms with E-state index >= 15 is 0 Å². The first-order valence-electron chi connectivity index (χ1n) is 5.77. The van der Waals surface area contributed by atoms with Gasteiger partial charge in [-0.3, -0.25) is 0 Å². The number of rotatable bonds is 2. The van der Waals surface area contributed by atoms with Gasteiger partial charge in [-0.25, -0.2) is 9.59 Å². The van der Waals surface area contributed by atoms with Gasteiger partial charge >= 0.3 is 11.9 Å². The molecule has 0 fully saturated rings. The molecule has 106 valence electrons. The minimum Gasteiger partial charge on any atom is -0.507 e. The Morgan fingerprint density at radius 2 is 1.14 bits per heavy atom. The topological polar surface area (TPSA) is 128 Å². The van der Waals surface area contributed by atoms with E-state index in [0.29, 0.717) is 0 Å². The molecular weight excluding hydrogens is 280 g/mol. The van der Waals surface area contributed by atoms with Gasteiger partial charge in [-0.15, -0.1) is 0 Å². The van der Waals surface area contributed by atoms with Crippen molar-refractivity contribution in [2.75, 3.05) is 0 Å². The zero-order chi connectivity index (χ0) is 15.3. The number of aromatic hydroxyl groups is 2. The summed E-state index contributed by atoms with van der Waals surface area (Å²) in [5.74, 6) is -3.24. The number of furan rings is 1. The highest BCUT2D eigenvalue weighted by Gasteiger charge is 2.19. The maximum atomic E-state index is 10.9. The van der Waals surface area contributed by atoms with Crippen LogP contribution in [-0.4, -0.2) is 32.4 Å². The summed E-state index contributed by atoms with van der Waals surface area (Å²) in [4.78, 5) is 21.9. The Balaban J connectivity index is 2.45. The second kappa shape index (κ2) is 4.14. The Morgan fingerprint density at radius 1 is 0.762 bits per heavy atom. The molecule has 0 aliphatic rings. The average Bonchev–Trinajstić information content (AvgIpc) is 2.77. The average molecular weight is 288 g/mol. The Morgan fingerprint density at radius 3 is 1.48 bits per heavy atom. The molecule has 21 heavy (non-hydrogen) atoms. The molecule has 0 radical (unpaired) electrons. The van der Waals surface area contributed by atoms with Crippen LogP contribution in [0.3, 0.4) is 0 Å². The zero-order valence-electron chi connectivity index (χ0n) is 10.3. The van der Waals surface area contributed by atoms with E-state index in [2.05, 4.69) is 0 Å². The fourth-order valence-electron chi connectivity index (χ4n) is 2.23. The molecule has 7 nitrogen and oxygen atoms in total. The van der Waals surface area contributed by atoms with E-state index in [1.165, 1.54) is 12.1 Å². The first kappa shape index (κ1) is 12.8. The van der Waals surface area contributed by atoms with Crippen molar-refractivity contribution in [2.24, 2.45) is 0 Å². The van der Waals surface area contributed by atoms with Crippen molar-refractivity contribution in [2.45, 2.75) is 0 Å². The zero-order valence-corrected chi connectivity index (χ0v) is 10.3. The van der Waals surface area contributed by atoms with Gasteiger partial charge in [-0.2, -0.15) is 0 Å². The van der Waals surface area contributed by atoms with Crippen LogP contribution in [0, 0.1) is 0 Å². The molecule has 0 saturated carbocycles. The molecule has 2 aromatic carbocycles. The quantitative estimate of drug-likeness (QED) is 0.569. The highest BCUT2D eigenvalue weighted by Crippen LogP contribution is 2.40. The van der Waals surface area contributed by atoms with Crippen LogP contribution in [0.25, 0.3) is 21.9 Å². The minimum absolute atomic E-state index is 0.0419. The number of phenols is 2. The molecule has 0 spiro atoms. The molecule has 1 aromatic heterocycles. The number of benzene rings is 2. The monoisotopic (exact) mass is 288 g/mol. The first-order valence-corrected chi connectivity index (χ1v) is 5.77. The van der Waals surface area contributed by atoms with Gasteiger partial charge in [0.05, 0.1) is 21.9 Å². The van der Waals surface area contributed by atoms with Gasteiger partial charge in [-0.1, -0.05) is 0 Å². The first-order chi connectivity index (χ1) is 9.88. The van der Waals surface area contributed by atoms with E-state index in [9.17, 15) is 19.8 Å². The second-order valence-electron chi connectivity index (χ2n) is 4.45. The van der Waals surface area contributed by atoms with Crippen LogP contribution in [0.2, 0.25) is 0 Å². The van der Waals surface area contributed by atoms with Crippen molar-refractivity contribution >= 4 is 33.9 Å². The third kappa shape index (κ3) is 1.83. The number of carbonyl (C=O) groups is 2. The van der Waals surface area contributed by atoms with Gasteiger partial charge in [0.25, 0.3) is 0 Å². The summed E-state index contributed by atoms with van der Waals surface area (Å²) >= 11 is 0. The molecule has 0 bridgehead atoms. The van der Waals surface area contributed by atoms with E-state index in [1.54, 1.807) is 0 Å². The van der Waals surface area contributed by atoms with Gasteiger partial charge in [-0.05, 0) is 24.3 Å². The van der Waals surface area contributed by atoms with E-state index < -0.39 is 11.9 Å². The number of hydrogen-bond donors (Lipinski definition) is 4. The largest absolute Gasteiger partial charge is 0.507 e. The fourth-order valence-corrected chi connectivity index (χ4v) is 2.23. The number of carboxylic acid groups (broad SMARTS) is 2. The third-order valence-electron chi connectivity index (χ3n) is 3.13. The summed E-state index contributed by atoms with van der Waals surface area (Å²) in [7, 11) is 0. The predicted molar refractivity (Wildman–Crippen MR) is 71.0 cm³/mol. The van der Waals surface area contributed by atoms with Gasteiger partial charge in [0, 0.05) is 0 Å². The van der Waals surface area contributed by atoms with Crippen LogP contribution in [0.4, 0.5) is 0 Å². The smallest absolute Gasteiger partial charge is 0.335 e. The number of carboxylic acids is 2. The van der Waals surface area contributed by atoms with Crippen LogP contribution >= 0.6 is 0 Å². The summed E-state index contributed by atoms with van der Waals surface area (Å²) in [6, 6.07) is 4.45. The molecular formula is C14H8O7. The number of fused-ring (bicyclic) bond motifs is 3. The van der Waals surface area contributed by atoms with Gasteiger partial charge in [0.2, 0.25) is 0 Å². The highest BCUT2D eigenvalue weighted by molar-refractivity contribution is 6.13. The highest BCUT2D eigenvalue weighted by atomic mass is 16.4.